The van der Waals surface area contributed by atoms with Crippen LogP contribution in [0.25, 0.3) is 0 Å². The Morgan fingerprint density at radius 2 is 2.00 bits per heavy atom. The molecule has 0 atom stereocenters. The van der Waals surface area contributed by atoms with Gasteiger partial charge in [0.25, 0.3) is 0 Å². The van der Waals surface area contributed by atoms with Crippen molar-refractivity contribution in [3.63, 3.8) is 0 Å². The molecule has 0 aliphatic carbocycles. The van der Waals surface area contributed by atoms with E-state index >= 15 is 0 Å². The van der Waals surface area contributed by atoms with Crippen molar-refractivity contribution >= 4 is 11.6 Å². The first kappa shape index (κ1) is 14.3. The number of aromatic nitrogens is 1. The maximum Gasteiger partial charge on any atom is 0.140 e. The maximum absolute atomic E-state index is 9.27. The second-order valence-corrected chi connectivity index (χ2v) is 4.55. The van der Waals surface area contributed by atoms with Crippen LogP contribution < -0.4 is 4.74 Å². The zero-order chi connectivity index (χ0) is 14.4. The molecule has 1 aromatic carbocycles. The summed E-state index contributed by atoms with van der Waals surface area (Å²) in [4.78, 5) is 4.24. The number of benzene rings is 1. The standard InChI is InChI=1S/C15H13ClN2O2/c16-12-3-1-11(2-4-12)9-14-13(10-17)15(5-6-18-14)20-8-7-19/h1-6,19H,7-9H2. The second kappa shape index (κ2) is 6.90. The van der Waals surface area contributed by atoms with Crippen molar-refractivity contribution in [3.05, 3.63) is 58.4 Å². The van der Waals surface area contributed by atoms with Crippen molar-refractivity contribution in [1.82, 2.24) is 4.98 Å². The largest absolute Gasteiger partial charge is 0.490 e. The van der Waals surface area contributed by atoms with Crippen LogP contribution in [0.3, 0.4) is 0 Å². The average molecular weight is 289 g/mol. The van der Waals surface area contributed by atoms with Gasteiger partial charge in [0.1, 0.15) is 24.0 Å². The van der Waals surface area contributed by atoms with Gasteiger partial charge < -0.3 is 9.84 Å². The Bertz CT molecular complexity index is 621. The van der Waals surface area contributed by atoms with Crippen LogP contribution in [0.2, 0.25) is 5.02 Å². The Hall–Kier alpha value is -2.09. The van der Waals surface area contributed by atoms with E-state index in [-0.39, 0.29) is 13.2 Å². The Balaban J connectivity index is 2.27. The highest BCUT2D eigenvalue weighted by Gasteiger charge is 2.11. The van der Waals surface area contributed by atoms with Crippen molar-refractivity contribution in [2.45, 2.75) is 6.42 Å². The average Bonchev–Trinajstić information content (AvgIpc) is 2.47. The first-order chi connectivity index (χ1) is 9.74. The second-order valence-electron chi connectivity index (χ2n) is 4.12. The van der Waals surface area contributed by atoms with Gasteiger partial charge in [0.15, 0.2) is 0 Å². The van der Waals surface area contributed by atoms with Crippen LogP contribution in [0.5, 0.6) is 5.75 Å². The van der Waals surface area contributed by atoms with Gasteiger partial charge >= 0.3 is 0 Å². The Morgan fingerprint density at radius 1 is 1.25 bits per heavy atom. The number of nitrogens with zero attached hydrogens (tertiary/aromatic N) is 2. The molecule has 0 fully saturated rings. The molecule has 20 heavy (non-hydrogen) atoms. The first-order valence-electron chi connectivity index (χ1n) is 6.10. The summed E-state index contributed by atoms with van der Waals surface area (Å²) < 4.78 is 5.34. The van der Waals surface area contributed by atoms with E-state index in [9.17, 15) is 5.26 Å². The van der Waals surface area contributed by atoms with Crippen LogP contribution in [0.15, 0.2) is 36.5 Å². The van der Waals surface area contributed by atoms with Gasteiger partial charge in [0, 0.05) is 17.6 Å². The highest BCUT2D eigenvalue weighted by Crippen LogP contribution is 2.22. The molecule has 102 valence electrons. The minimum atomic E-state index is -0.0975. The van der Waals surface area contributed by atoms with Crippen molar-refractivity contribution in [3.8, 4) is 11.8 Å². The van der Waals surface area contributed by atoms with E-state index in [1.54, 1.807) is 24.4 Å². The summed E-state index contributed by atoms with van der Waals surface area (Å²) in [6, 6.07) is 11.1. The number of hydrogen-bond acceptors (Lipinski definition) is 4. The summed E-state index contributed by atoms with van der Waals surface area (Å²) in [5.74, 6) is 0.445. The van der Waals surface area contributed by atoms with Crippen LogP contribution in [-0.2, 0) is 6.42 Å². The van der Waals surface area contributed by atoms with Gasteiger partial charge in [-0.05, 0) is 23.8 Å². The third kappa shape index (κ3) is 3.47. The number of hydrogen-bond donors (Lipinski definition) is 1. The number of pyridine rings is 1. The third-order valence-corrected chi connectivity index (χ3v) is 2.99. The molecule has 1 heterocycles. The number of ether oxygens (including phenoxy) is 1. The van der Waals surface area contributed by atoms with E-state index in [1.807, 2.05) is 12.1 Å². The fraction of sp³-hybridized carbons (Fsp3) is 0.200. The summed E-state index contributed by atoms with van der Waals surface area (Å²) in [7, 11) is 0. The van der Waals surface area contributed by atoms with E-state index in [2.05, 4.69) is 11.1 Å². The van der Waals surface area contributed by atoms with Gasteiger partial charge in [-0.15, -0.1) is 0 Å². The summed E-state index contributed by atoms with van der Waals surface area (Å²) in [5, 5.41) is 18.7. The minimum absolute atomic E-state index is 0.0975. The zero-order valence-electron chi connectivity index (χ0n) is 10.7. The van der Waals surface area contributed by atoms with Crippen molar-refractivity contribution in [2.75, 3.05) is 13.2 Å². The van der Waals surface area contributed by atoms with Crippen LogP contribution in [0.1, 0.15) is 16.8 Å². The number of aliphatic hydroxyl groups is 1. The predicted octanol–water partition coefficient (Wildman–Crippen LogP) is 2.57. The lowest BCUT2D eigenvalue weighted by Gasteiger charge is -2.09. The topological polar surface area (TPSA) is 66.1 Å². The number of nitriles is 1. The lowest BCUT2D eigenvalue weighted by Crippen LogP contribution is -2.05. The Labute approximate surface area is 122 Å². The number of rotatable bonds is 5. The molecule has 0 spiro atoms. The highest BCUT2D eigenvalue weighted by atomic mass is 35.5. The Morgan fingerprint density at radius 3 is 2.65 bits per heavy atom. The quantitative estimate of drug-likeness (QED) is 0.918. The normalized spacial score (nSPS) is 10.1. The van der Waals surface area contributed by atoms with Crippen LogP contribution in [-0.4, -0.2) is 23.3 Å². The minimum Gasteiger partial charge on any atom is -0.490 e. The van der Waals surface area contributed by atoms with E-state index in [0.717, 1.165) is 5.56 Å². The Kier molecular flexibility index (Phi) is 4.94. The van der Waals surface area contributed by atoms with E-state index in [1.165, 1.54) is 0 Å². The molecular formula is C15H13ClN2O2. The smallest absolute Gasteiger partial charge is 0.140 e. The van der Waals surface area contributed by atoms with Gasteiger partial charge in [-0.3, -0.25) is 4.98 Å². The summed E-state index contributed by atoms with van der Waals surface area (Å²) in [6.45, 7) is 0.0544. The molecule has 0 saturated carbocycles. The molecule has 0 bridgehead atoms. The zero-order valence-corrected chi connectivity index (χ0v) is 11.5. The van der Waals surface area contributed by atoms with Crippen molar-refractivity contribution in [1.29, 1.82) is 5.26 Å². The molecule has 2 rings (SSSR count). The van der Waals surface area contributed by atoms with Gasteiger partial charge in [-0.25, -0.2) is 0 Å². The van der Waals surface area contributed by atoms with Gasteiger partial charge in [0.05, 0.1) is 12.3 Å². The fourth-order valence-corrected chi connectivity index (χ4v) is 1.94. The molecule has 0 saturated heterocycles. The van der Waals surface area contributed by atoms with Crippen molar-refractivity contribution in [2.24, 2.45) is 0 Å². The first-order valence-corrected chi connectivity index (χ1v) is 6.48. The molecule has 0 aliphatic rings. The fourth-order valence-electron chi connectivity index (χ4n) is 1.81. The molecule has 0 radical (unpaired) electrons. The predicted molar refractivity (Wildman–Crippen MR) is 75.8 cm³/mol. The summed E-state index contributed by atoms with van der Waals surface area (Å²) >= 11 is 5.84. The molecule has 4 nitrogen and oxygen atoms in total. The lowest BCUT2D eigenvalue weighted by molar-refractivity contribution is 0.201. The number of aliphatic hydroxyl groups excluding tert-OH is 1. The molecular weight excluding hydrogens is 276 g/mol. The highest BCUT2D eigenvalue weighted by molar-refractivity contribution is 6.30. The monoisotopic (exact) mass is 288 g/mol. The van der Waals surface area contributed by atoms with Crippen molar-refractivity contribution < 1.29 is 9.84 Å². The maximum atomic E-state index is 9.27. The van der Waals surface area contributed by atoms with Crippen LogP contribution >= 0.6 is 11.6 Å². The van der Waals surface area contributed by atoms with E-state index in [4.69, 9.17) is 21.4 Å². The number of halogens is 1. The molecule has 0 unspecified atom stereocenters. The van der Waals surface area contributed by atoms with Crippen LogP contribution in [0.4, 0.5) is 0 Å². The molecule has 5 heteroatoms. The molecule has 0 amide bonds. The molecule has 1 aromatic heterocycles. The van der Waals surface area contributed by atoms with E-state index < -0.39 is 0 Å². The SMILES string of the molecule is N#Cc1c(OCCO)ccnc1Cc1ccc(Cl)cc1. The van der Waals surface area contributed by atoms with E-state index in [0.29, 0.717) is 28.5 Å². The summed E-state index contributed by atoms with van der Waals surface area (Å²) in [6.07, 6.45) is 2.12. The summed E-state index contributed by atoms with van der Waals surface area (Å²) in [5.41, 5.74) is 2.05. The molecule has 1 N–H and O–H groups in total. The van der Waals surface area contributed by atoms with Gasteiger partial charge in [0.2, 0.25) is 0 Å². The van der Waals surface area contributed by atoms with Gasteiger partial charge in [-0.2, -0.15) is 5.26 Å². The van der Waals surface area contributed by atoms with Gasteiger partial charge in [-0.1, -0.05) is 23.7 Å². The third-order valence-electron chi connectivity index (χ3n) is 2.74. The molecule has 2 aromatic rings. The van der Waals surface area contributed by atoms with Crippen LogP contribution in [0, 0.1) is 11.3 Å². The molecule has 0 aliphatic heterocycles. The lowest BCUT2D eigenvalue weighted by atomic mass is 10.1.